The summed E-state index contributed by atoms with van der Waals surface area (Å²) in [7, 11) is -3.58. The van der Waals surface area contributed by atoms with E-state index in [1.807, 2.05) is 0 Å². The molecule has 0 saturated heterocycles. The maximum absolute atomic E-state index is 12.4. The average molecular weight is 366 g/mol. The third kappa shape index (κ3) is 4.83. The van der Waals surface area contributed by atoms with E-state index in [-0.39, 0.29) is 4.31 Å². The van der Waals surface area contributed by atoms with Gasteiger partial charge in [-0.2, -0.15) is 17.5 Å². The molecule has 0 saturated carbocycles. The summed E-state index contributed by atoms with van der Waals surface area (Å²) in [5.74, 6) is 0. The summed E-state index contributed by atoms with van der Waals surface area (Å²) in [6, 6.07) is 3.85. The van der Waals surface area contributed by atoms with E-state index in [2.05, 4.69) is 0 Å². The van der Waals surface area contributed by atoms with Crippen LogP contribution in [-0.2, 0) is 19.1 Å². The minimum atomic E-state index is -4.71. The highest BCUT2D eigenvalue weighted by Crippen LogP contribution is 2.25. The molecule has 21 heavy (non-hydrogen) atoms. The lowest BCUT2D eigenvalue weighted by molar-refractivity contribution is -0.135. The smallest absolute Gasteiger partial charge is 0.207 e. The van der Waals surface area contributed by atoms with Gasteiger partial charge in [0.05, 0.1) is 9.79 Å². The summed E-state index contributed by atoms with van der Waals surface area (Å²) >= 11 is 0. The van der Waals surface area contributed by atoms with Crippen molar-refractivity contribution in [3.63, 3.8) is 0 Å². The van der Waals surface area contributed by atoms with Gasteiger partial charge >= 0.3 is 6.18 Å². The van der Waals surface area contributed by atoms with E-state index in [4.69, 9.17) is 10.7 Å². The highest BCUT2D eigenvalue weighted by Gasteiger charge is 2.36. The van der Waals surface area contributed by atoms with E-state index in [9.17, 15) is 30.0 Å². The molecule has 0 aliphatic rings. The topological polar surface area (TPSA) is 71.5 Å². The molecule has 11 heteroatoms. The fourth-order valence-corrected chi connectivity index (χ4v) is 3.85. The predicted octanol–water partition coefficient (Wildman–Crippen LogP) is 2.19. The summed E-state index contributed by atoms with van der Waals surface area (Å²) in [5, 5.41) is 0. The van der Waals surface area contributed by atoms with Gasteiger partial charge < -0.3 is 0 Å². The van der Waals surface area contributed by atoms with E-state index < -0.39 is 48.1 Å². The first-order valence-electron chi connectivity index (χ1n) is 5.49. The third-order valence-electron chi connectivity index (χ3n) is 2.43. The molecule has 0 aromatic heterocycles. The first-order valence-corrected chi connectivity index (χ1v) is 9.24. The van der Waals surface area contributed by atoms with Gasteiger partial charge in [0.2, 0.25) is 10.0 Å². The summed E-state index contributed by atoms with van der Waals surface area (Å²) in [6.45, 7) is -0.838. The van der Waals surface area contributed by atoms with Crippen molar-refractivity contribution in [2.24, 2.45) is 0 Å². The summed E-state index contributed by atoms with van der Waals surface area (Å²) in [6.07, 6.45) is -4.71. The normalized spacial score (nSPS) is 13.6. The number of hydrogen-bond acceptors (Lipinski definition) is 4. The average Bonchev–Trinajstić information content (AvgIpc) is 2.34. The van der Waals surface area contributed by atoms with Gasteiger partial charge in [-0.25, -0.2) is 16.8 Å². The summed E-state index contributed by atoms with van der Waals surface area (Å²) in [4.78, 5) is -1.08. The standard InChI is InChI=1S/C10H11ClF3NO4S2/c1-2-15(7-10(12,13)14)21(18,19)9-5-3-4-8(6-9)20(11,16)17/h3-6H,2,7H2,1H3. The van der Waals surface area contributed by atoms with Crippen LogP contribution in [0.4, 0.5) is 13.2 Å². The largest absolute Gasteiger partial charge is 0.402 e. The van der Waals surface area contributed by atoms with Crippen molar-refractivity contribution in [2.75, 3.05) is 13.1 Å². The lowest BCUT2D eigenvalue weighted by Gasteiger charge is -2.21. The molecular formula is C10H11ClF3NO4S2. The van der Waals surface area contributed by atoms with E-state index in [1.165, 1.54) is 6.92 Å². The quantitative estimate of drug-likeness (QED) is 0.750. The van der Waals surface area contributed by atoms with Crippen LogP contribution >= 0.6 is 10.7 Å². The number of rotatable bonds is 5. The Kier molecular flexibility index (Phi) is 5.30. The molecule has 1 rings (SSSR count). The second-order valence-electron chi connectivity index (χ2n) is 3.96. The van der Waals surface area contributed by atoms with Crippen LogP contribution in [0.3, 0.4) is 0 Å². The number of sulfonamides is 1. The zero-order valence-electron chi connectivity index (χ0n) is 10.6. The van der Waals surface area contributed by atoms with Crippen molar-refractivity contribution in [2.45, 2.75) is 22.9 Å². The number of nitrogens with zero attached hydrogens (tertiary/aromatic N) is 1. The zero-order chi connectivity index (χ0) is 16.5. The lowest BCUT2D eigenvalue weighted by Crippen LogP contribution is -2.38. The molecule has 0 radical (unpaired) electrons. The number of halogens is 4. The van der Waals surface area contributed by atoms with Crippen LogP contribution in [0.5, 0.6) is 0 Å². The Morgan fingerprint density at radius 1 is 1.14 bits per heavy atom. The van der Waals surface area contributed by atoms with Crippen molar-refractivity contribution < 1.29 is 30.0 Å². The highest BCUT2D eigenvalue weighted by molar-refractivity contribution is 8.13. The van der Waals surface area contributed by atoms with Gasteiger partial charge in [-0.05, 0) is 18.2 Å². The van der Waals surface area contributed by atoms with Gasteiger partial charge in [0.1, 0.15) is 6.54 Å². The van der Waals surface area contributed by atoms with Gasteiger partial charge in [0, 0.05) is 17.2 Å². The fraction of sp³-hybridized carbons (Fsp3) is 0.400. The molecule has 0 aliphatic carbocycles. The molecule has 0 spiro atoms. The van der Waals surface area contributed by atoms with Gasteiger partial charge in [0.15, 0.2) is 0 Å². The van der Waals surface area contributed by atoms with Crippen LogP contribution in [0, 0.1) is 0 Å². The van der Waals surface area contributed by atoms with Crippen molar-refractivity contribution in [1.82, 2.24) is 4.31 Å². The van der Waals surface area contributed by atoms with Gasteiger partial charge in [-0.15, -0.1) is 0 Å². The SMILES string of the molecule is CCN(CC(F)(F)F)S(=O)(=O)c1cccc(S(=O)(=O)Cl)c1. The van der Waals surface area contributed by atoms with Crippen molar-refractivity contribution in [3.8, 4) is 0 Å². The third-order valence-corrected chi connectivity index (χ3v) is 5.70. The molecule has 5 nitrogen and oxygen atoms in total. The number of benzene rings is 1. The number of hydrogen-bond donors (Lipinski definition) is 0. The second kappa shape index (κ2) is 6.11. The molecule has 0 N–H and O–H groups in total. The molecule has 0 heterocycles. The highest BCUT2D eigenvalue weighted by atomic mass is 35.7. The molecule has 120 valence electrons. The molecule has 0 aliphatic heterocycles. The van der Waals surface area contributed by atoms with E-state index >= 15 is 0 Å². The lowest BCUT2D eigenvalue weighted by atomic mass is 10.4. The maximum atomic E-state index is 12.4. The van der Waals surface area contributed by atoms with Gasteiger partial charge in [-0.1, -0.05) is 13.0 Å². The molecule has 0 bridgehead atoms. The molecular weight excluding hydrogens is 355 g/mol. The molecule has 0 fully saturated rings. The molecule has 0 atom stereocenters. The van der Waals surface area contributed by atoms with E-state index in [0.717, 1.165) is 24.3 Å². The Hall–Kier alpha value is -0.840. The Morgan fingerprint density at radius 2 is 1.67 bits per heavy atom. The van der Waals surface area contributed by atoms with Crippen molar-refractivity contribution >= 4 is 29.8 Å². The number of alkyl halides is 3. The van der Waals surface area contributed by atoms with Crippen LogP contribution < -0.4 is 0 Å². The molecule has 1 aromatic rings. The Bertz CT molecular complexity index is 716. The first-order chi connectivity index (χ1) is 9.38. The Balaban J connectivity index is 3.30. The van der Waals surface area contributed by atoms with E-state index in [0.29, 0.717) is 0 Å². The molecule has 0 amide bonds. The maximum Gasteiger partial charge on any atom is 0.402 e. The van der Waals surface area contributed by atoms with Crippen LogP contribution in [0.1, 0.15) is 6.92 Å². The van der Waals surface area contributed by atoms with Crippen molar-refractivity contribution in [3.05, 3.63) is 24.3 Å². The monoisotopic (exact) mass is 365 g/mol. The Labute approximate surface area is 124 Å². The van der Waals surface area contributed by atoms with Gasteiger partial charge in [0.25, 0.3) is 9.05 Å². The fourth-order valence-electron chi connectivity index (χ4n) is 1.50. The Morgan fingerprint density at radius 3 is 2.10 bits per heavy atom. The van der Waals surface area contributed by atoms with Crippen LogP contribution in [0.2, 0.25) is 0 Å². The summed E-state index contributed by atoms with van der Waals surface area (Å²) in [5.41, 5.74) is 0. The molecule has 0 unspecified atom stereocenters. The van der Waals surface area contributed by atoms with Gasteiger partial charge in [-0.3, -0.25) is 0 Å². The summed E-state index contributed by atoms with van der Waals surface area (Å²) < 4.78 is 83.9. The van der Waals surface area contributed by atoms with Crippen LogP contribution in [-0.4, -0.2) is 40.4 Å². The minimum Gasteiger partial charge on any atom is -0.207 e. The first kappa shape index (κ1) is 18.2. The second-order valence-corrected chi connectivity index (χ2v) is 8.46. The zero-order valence-corrected chi connectivity index (χ0v) is 13.0. The van der Waals surface area contributed by atoms with Crippen LogP contribution in [0.15, 0.2) is 34.1 Å². The minimum absolute atomic E-state index is 0.201. The van der Waals surface area contributed by atoms with Crippen molar-refractivity contribution in [1.29, 1.82) is 0 Å². The predicted molar refractivity (Wildman–Crippen MR) is 70.0 cm³/mol. The van der Waals surface area contributed by atoms with E-state index in [1.54, 1.807) is 0 Å². The molecule has 1 aromatic carbocycles. The van der Waals surface area contributed by atoms with Crippen LogP contribution in [0.25, 0.3) is 0 Å².